The van der Waals surface area contributed by atoms with Crippen LogP contribution in [0.15, 0.2) is 29.3 Å². The van der Waals surface area contributed by atoms with Gasteiger partial charge in [-0.25, -0.2) is 0 Å². The summed E-state index contributed by atoms with van der Waals surface area (Å²) in [6.07, 6.45) is 0.0757. The normalized spacial score (nSPS) is 19.3. The van der Waals surface area contributed by atoms with E-state index in [-0.39, 0.29) is 18.2 Å². The number of amides is 2. The lowest BCUT2D eigenvalue weighted by atomic mass is 10.2. The predicted octanol–water partition coefficient (Wildman–Crippen LogP) is 1.90. The minimum atomic E-state index is -0.472. The van der Waals surface area contributed by atoms with E-state index in [2.05, 4.69) is 15.6 Å². The zero-order valence-corrected chi connectivity index (χ0v) is 13.5. The number of thioether (sulfide) groups is 1. The molecule has 8 heteroatoms. The van der Waals surface area contributed by atoms with Crippen LogP contribution >= 0.6 is 23.4 Å². The van der Waals surface area contributed by atoms with Crippen molar-refractivity contribution in [1.29, 1.82) is 0 Å². The van der Waals surface area contributed by atoms with Crippen molar-refractivity contribution in [2.45, 2.75) is 11.7 Å². The Kier molecular flexibility index (Phi) is 6.23. The highest BCUT2D eigenvalue weighted by atomic mass is 35.5. The largest absolute Gasteiger partial charge is 0.383 e. The standard InChI is InChI=1S/C14H16ClN3O3S/c1-21-6-5-16-14-18-13(20)11(22-14)8-12(19)17-10-4-2-3-9(15)7-10/h2-4,7,11H,5-6,8H2,1H3,(H,17,19)(H,16,18,20). The number of amidine groups is 1. The second kappa shape index (κ2) is 8.17. The van der Waals surface area contributed by atoms with Gasteiger partial charge in [0, 0.05) is 24.2 Å². The quantitative estimate of drug-likeness (QED) is 0.774. The van der Waals surface area contributed by atoms with Crippen LogP contribution in [-0.4, -0.2) is 42.5 Å². The summed E-state index contributed by atoms with van der Waals surface area (Å²) < 4.78 is 4.89. The van der Waals surface area contributed by atoms with Crippen molar-refractivity contribution in [3.8, 4) is 0 Å². The Balaban J connectivity index is 1.86. The number of rotatable bonds is 6. The molecule has 0 radical (unpaired) electrons. The van der Waals surface area contributed by atoms with Crippen LogP contribution in [0.2, 0.25) is 5.02 Å². The fraction of sp³-hybridized carbons (Fsp3) is 0.357. The lowest BCUT2D eigenvalue weighted by molar-refractivity contribution is -0.122. The first-order valence-electron chi connectivity index (χ1n) is 6.65. The molecule has 2 rings (SSSR count). The lowest BCUT2D eigenvalue weighted by Crippen LogP contribution is -2.28. The smallest absolute Gasteiger partial charge is 0.240 e. The van der Waals surface area contributed by atoms with E-state index in [1.54, 1.807) is 31.4 Å². The molecule has 1 aromatic carbocycles. The van der Waals surface area contributed by atoms with Crippen molar-refractivity contribution in [3.05, 3.63) is 29.3 Å². The van der Waals surface area contributed by atoms with Gasteiger partial charge in [-0.15, -0.1) is 0 Å². The Morgan fingerprint density at radius 2 is 2.36 bits per heavy atom. The summed E-state index contributed by atoms with van der Waals surface area (Å²) in [5.41, 5.74) is 0.606. The molecule has 2 amide bonds. The fourth-order valence-electron chi connectivity index (χ4n) is 1.80. The van der Waals surface area contributed by atoms with Crippen LogP contribution in [-0.2, 0) is 14.3 Å². The first kappa shape index (κ1) is 16.8. The second-order valence-electron chi connectivity index (χ2n) is 4.54. The van der Waals surface area contributed by atoms with Gasteiger partial charge in [0.25, 0.3) is 0 Å². The molecule has 1 atom stereocenters. The molecule has 1 heterocycles. The van der Waals surface area contributed by atoms with Crippen molar-refractivity contribution in [2.75, 3.05) is 25.6 Å². The maximum atomic E-state index is 12.0. The SMILES string of the molecule is COCCN=C1NC(=O)C(CC(=O)Nc2cccc(Cl)c2)S1. The molecule has 1 aliphatic heterocycles. The van der Waals surface area contributed by atoms with Crippen LogP contribution in [0.5, 0.6) is 0 Å². The molecule has 0 spiro atoms. The maximum Gasteiger partial charge on any atom is 0.240 e. The van der Waals surface area contributed by atoms with Crippen molar-refractivity contribution in [3.63, 3.8) is 0 Å². The minimum absolute atomic E-state index is 0.0757. The molecule has 0 aliphatic carbocycles. The van der Waals surface area contributed by atoms with Gasteiger partial charge in [0.2, 0.25) is 11.8 Å². The number of aliphatic imine (C=N–C) groups is 1. The Labute approximate surface area is 137 Å². The van der Waals surface area contributed by atoms with E-state index in [0.717, 1.165) is 0 Å². The molecule has 22 heavy (non-hydrogen) atoms. The molecule has 1 aliphatic rings. The highest BCUT2D eigenvalue weighted by Gasteiger charge is 2.31. The summed E-state index contributed by atoms with van der Waals surface area (Å²) in [6.45, 7) is 0.959. The Hall–Kier alpha value is -1.57. The number of carbonyl (C=O) groups is 2. The summed E-state index contributed by atoms with van der Waals surface area (Å²) in [5.74, 6) is -0.449. The van der Waals surface area contributed by atoms with Gasteiger partial charge >= 0.3 is 0 Å². The molecule has 118 valence electrons. The number of benzene rings is 1. The van der Waals surface area contributed by atoms with Crippen molar-refractivity contribution >= 4 is 46.0 Å². The van der Waals surface area contributed by atoms with Crippen molar-refractivity contribution in [1.82, 2.24) is 5.32 Å². The topological polar surface area (TPSA) is 79.8 Å². The monoisotopic (exact) mass is 341 g/mol. The first-order valence-corrected chi connectivity index (χ1v) is 7.90. The molecule has 2 N–H and O–H groups in total. The predicted molar refractivity (Wildman–Crippen MR) is 88.4 cm³/mol. The molecule has 0 aromatic heterocycles. The van der Waals surface area contributed by atoms with E-state index in [0.29, 0.717) is 29.0 Å². The summed E-state index contributed by atoms with van der Waals surface area (Å²) in [5, 5.41) is 5.98. The van der Waals surface area contributed by atoms with E-state index in [1.807, 2.05) is 0 Å². The van der Waals surface area contributed by atoms with Crippen molar-refractivity contribution in [2.24, 2.45) is 4.99 Å². The van der Waals surface area contributed by atoms with Gasteiger partial charge in [0.15, 0.2) is 5.17 Å². The molecule has 0 saturated carbocycles. The minimum Gasteiger partial charge on any atom is -0.383 e. The number of anilines is 1. The molecule has 1 aromatic rings. The highest BCUT2D eigenvalue weighted by molar-refractivity contribution is 8.15. The number of methoxy groups -OCH3 is 1. The van der Waals surface area contributed by atoms with Crippen LogP contribution in [0.3, 0.4) is 0 Å². The number of ether oxygens (including phenoxy) is 1. The molecule has 1 fully saturated rings. The molecule has 6 nitrogen and oxygen atoms in total. The summed E-state index contributed by atoms with van der Waals surface area (Å²) in [4.78, 5) is 28.0. The maximum absolute atomic E-state index is 12.0. The number of hydrogen-bond donors (Lipinski definition) is 2. The number of nitrogens with one attached hydrogen (secondary N) is 2. The molecular weight excluding hydrogens is 326 g/mol. The third-order valence-electron chi connectivity index (χ3n) is 2.81. The van der Waals surface area contributed by atoms with Crippen molar-refractivity contribution < 1.29 is 14.3 Å². The van der Waals surface area contributed by atoms with Crippen LogP contribution < -0.4 is 10.6 Å². The summed E-state index contributed by atoms with van der Waals surface area (Å²) in [6, 6.07) is 6.86. The van der Waals surface area contributed by atoms with Gasteiger partial charge in [0.05, 0.1) is 13.2 Å². The van der Waals surface area contributed by atoms with Crippen LogP contribution in [0, 0.1) is 0 Å². The lowest BCUT2D eigenvalue weighted by Gasteiger charge is -2.07. The van der Waals surface area contributed by atoms with Gasteiger partial charge in [0.1, 0.15) is 5.25 Å². The fourth-order valence-corrected chi connectivity index (χ4v) is 2.99. The first-order chi connectivity index (χ1) is 10.6. The van der Waals surface area contributed by atoms with Crippen LogP contribution in [0.1, 0.15) is 6.42 Å². The third-order valence-corrected chi connectivity index (χ3v) is 4.16. The van der Waals surface area contributed by atoms with Gasteiger partial charge in [-0.2, -0.15) is 0 Å². The summed E-state index contributed by atoms with van der Waals surface area (Å²) >= 11 is 7.11. The van der Waals surface area contributed by atoms with Gasteiger partial charge in [-0.3, -0.25) is 14.6 Å². The number of nitrogens with zero attached hydrogens (tertiary/aromatic N) is 1. The zero-order valence-electron chi connectivity index (χ0n) is 12.0. The molecule has 1 unspecified atom stereocenters. The average molecular weight is 342 g/mol. The van der Waals surface area contributed by atoms with E-state index in [1.165, 1.54) is 11.8 Å². The highest BCUT2D eigenvalue weighted by Crippen LogP contribution is 2.23. The van der Waals surface area contributed by atoms with Crippen LogP contribution in [0.25, 0.3) is 0 Å². The van der Waals surface area contributed by atoms with E-state index < -0.39 is 5.25 Å². The van der Waals surface area contributed by atoms with Gasteiger partial charge in [-0.05, 0) is 18.2 Å². The zero-order chi connectivity index (χ0) is 15.9. The summed E-state index contributed by atoms with van der Waals surface area (Å²) in [7, 11) is 1.59. The van der Waals surface area contributed by atoms with E-state index in [9.17, 15) is 9.59 Å². The Morgan fingerprint density at radius 3 is 3.09 bits per heavy atom. The Morgan fingerprint density at radius 1 is 1.55 bits per heavy atom. The average Bonchev–Trinajstić information content (AvgIpc) is 2.79. The number of carbonyl (C=O) groups excluding carboxylic acids is 2. The van der Waals surface area contributed by atoms with Gasteiger partial charge < -0.3 is 15.4 Å². The molecular formula is C14H16ClN3O3S. The number of hydrogen-bond acceptors (Lipinski definition) is 5. The molecule has 0 bridgehead atoms. The molecule has 1 saturated heterocycles. The third kappa shape index (κ3) is 5.01. The van der Waals surface area contributed by atoms with E-state index in [4.69, 9.17) is 16.3 Å². The van der Waals surface area contributed by atoms with Gasteiger partial charge in [-0.1, -0.05) is 29.4 Å². The van der Waals surface area contributed by atoms with E-state index >= 15 is 0 Å². The Bertz CT molecular complexity index is 594. The second-order valence-corrected chi connectivity index (χ2v) is 6.17. The number of halogens is 1. The van der Waals surface area contributed by atoms with Crippen LogP contribution in [0.4, 0.5) is 5.69 Å².